The molecule has 4 rings (SSSR count). The van der Waals surface area contributed by atoms with Crippen molar-refractivity contribution >= 4 is 11.6 Å². The Kier molecular flexibility index (Phi) is 4.53. The molecule has 2 aliphatic rings. The molecule has 1 aliphatic carbocycles. The summed E-state index contributed by atoms with van der Waals surface area (Å²) in [6.07, 6.45) is 5.50. The van der Waals surface area contributed by atoms with E-state index in [4.69, 9.17) is 4.98 Å². The number of nitrogens with zero attached hydrogens (tertiary/aromatic N) is 4. The number of aromatic nitrogens is 2. The van der Waals surface area contributed by atoms with Crippen LogP contribution in [0.2, 0.25) is 0 Å². The molecule has 0 radical (unpaired) electrons. The van der Waals surface area contributed by atoms with Crippen LogP contribution in [0.15, 0.2) is 29.1 Å². The summed E-state index contributed by atoms with van der Waals surface area (Å²) in [6.45, 7) is 5.14. The summed E-state index contributed by atoms with van der Waals surface area (Å²) >= 11 is 0. The Morgan fingerprint density at radius 1 is 1.15 bits per heavy atom. The second-order valence-corrected chi connectivity index (χ2v) is 7.28. The van der Waals surface area contributed by atoms with Gasteiger partial charge in [-0.1, -0.05) is 19.8 Å². The zero-order chi connectivity index (χ0) is 18.3. The topological polar surface area (TPSA) is 41.4 Å². The predicted molar refractivity (Wildman–Crippen MR) is 100 cm³/mol. The third-order valence-corrected chi connectivity index (χ3v) is 5.67. The molecule has 0 spiro atoms. The number of anilines is 2. The molecular weight excluding hydrogens is 331 g/mol. The number of benzene rings is 1. The first-order valence-corrected chi connectivity index (χ1v) is 9.46. The van der Waals surface area contributed by atoms with Crippen molar-refractivity contribution in [3.8, 4) is 0 Å². The molecule has 1 saturated carbocycles. The molecular formula is C20H25FN4O. The summed E-state index contributed by atoms with van der Waals surface area (Å²) < 4.78 is 15.2. The van der Waals surface area contributed by atoms with Gasteiger partial charge in [0.1, 0.15) is 5.82 Å². The van der Waals surface area contributed by atoms with Gasteiger partial charge in [-0.2, -0.15) is 0 Å². The molecule has 2 aromatic rings. The Morgan fingerprint density at radius 3 is 2.50 bits per heavy atom. The smallest absolute Gasteiger partial charge is 0.259 e. The molecule has 2 heterocycles. The van der Waals surface area contributed by atoms with Crippen LogP contribution in [0, 0.1) is 12.7 Å². The second-order valence-electron chi connectivity index (χ2n) is 7.28. The van der Waals surface area contributed by atoms with Gasteiger partial charge >= 0.3 is 0 Å². The highest BCUT2D eigenvalue weighted by Crippen LogP contribution is 2.32. The number of fused-ring (bicyclic) bond motifs is 1. The molecule has 1 aliphatic heterocycles. The SMILES string of the molecule is CCc1c(C)nc2n(c1=O)CN(C1CCCC1)CN2c1ccc(F)cc1. The van der Waals surface area contributed by atoms with Gasteiger partial charge in [-0.3, -0.25) is 19.2 Å². The minimum absolute atomic E-state index is 0.0461. The van der Waals surface area contributed by atoms with Crippen molar-refractivity contribution in [2.24, 2.45) is 0 Å². The van der Waals surface area contributed by atoms with Crippen molar-refractivity contribution in [2.75, 3.05) is 11.6 Å². The van der Waals surface area contributed by atoms with Crippen LogP contribution in [0.1, 0.15) is 43.9 Å². The summed E-state index contributed by atoms with van der Waals surface area (Å²) in [5, 5.41) is 0. The van der Waals surface area contributed by atoms with Gasteiger partial charge < -0.3 is 0 Å². The highest BCUT2D eigenvalue weighted by atomic mass is 19.1. The van der Waals surface area contributed by atoms with Crippen LogP contribution in [0.5, 0.6) is 0 Å². The molecule has 6 heteroatoms. The lowest BCUT2D eigenvalue weighted by Crippen LogP contribution is -2.51. The van der Waals surface area contributed by atoms with E-state index in [-0.39, 0.29) is 11.4 Å². The van der Waals surface area contributed by atoms with Gasteiger partial charge in [-0.15, -0.1) is 0 Å². The molecule has 1 fully saturated rings. The first kappa shape index (κ1) is 17.2. The van der Waals surface area contributed by atoms with Gasteiger partial charge in [0, 0.05) is 23.0 Å². The molecule has 0 bridgehead atoms. The molecule has 1 aromatic heterocycles. The van der Waals surface area contributed by atoms with E-state index >= 15 is 0 Å². The minimum Gasteiger partial charge on any atom is -0.298 e. The Balaban J connectivity index is 1.83. The standard InChI is InChI=1S/C20H25FN4O/c1-3-18-14(2)22-20-24(17-10-8-15(21)9-11-17)12-23(13-25(20)19(18)26)16-6-4-5-7-16/h8-11,16H,3-7,12-13H2,1-2H3. The Hall–Kier alpha value is -2.21. The summed E-state index contributed by atoms with van der Waals surface area (Å²) in [7, 11) is 0. The Labute approximate surface area is 153 Å². The highest BCUT2D eigenvalue weighted by molar-refractivity contribution is 5.58. The van der Waals surface area contributed by atoms with Crippen LogP contribution in [0.3, 0.4) is 0 Å². The van der Waals surface area contributed by atoms with Crippen molar-refractivity contribution in [3.63, 3.8) is 0 Å². The quantitative estimate of drug-likeness (QED) is 0.843. The van der Waals surface area contributed by atoms with E-state index in [0.29, 0.717) is 31.7 Å². The van der Waals surface area contributed by atoms with Gasteiger partial charge in [-0.25, -0.2) is 9.37 Å². The van der Waals surface area contributed by atoms with Crippen molar-refractivity contribution in [3.05, 3.63) is 51.7 Å². The minimum atomic E-state index is -0.263. The lowest BCUT2D eigenvalue weighted by atomic mass is 10.2. The molecule has 0 N–H and O–H groups in total. The Bertz CT molecular complexity index is 855. The van der Waals surface area contributed by atoms with Crippen LogP contribution in [-0.2, 0) is 13.1 Å². The van der Waals surface area contributed by atoms with E-state index in [1.807, 2.05) is 18.7 Å². The van der Waals surface area contributed by atoms with Gasteiger partial charge in [0.2, 0.25) is 5.95 Å². The van der Waals surface area contributed by atoms with Gasteiger partial charge in [0.05, 0.1) is 13.3 Å². The summed E-state index contributed by atoms with van der Waals surface area (Å²) in [6, 6.07) is 6.92. The average Bonchev–Trinajstić information content (AvgIpc) is 3.17. The third kappa shape index (κ3) is 2.92. The monoisotopic (exact) mass is 356 g/mol. The van der Waals surface area contributed by atoms with Crippen LogP contribution >= 0.6 is 0 Å². The number of hydrogen-bond donors (Lipinski definition) is 0. The third-order valence-electron chi connectivity index (χ3n) is 5.67. The lowest BCUT2D eigenvalue weighted by molar-refractivity contribution is 0.138. The maximum absolute atomic E-state index is 13.4. The van der Waals surface area contributed by atoms with E-state index in [0.717, 1.165) is 16.9 Å². The van der Waals surface area contributed by atoms with E-state index in [1.165, 1.54) is 37.8 Å². The zero-order valence-electron chi connectivity index (χ0n) is 15.4. The van der Waals surface area contributed by atoms with E-state index in [2.05, 4.69) is 4.90 Å². The summed E-state index contributed by atoms with van der Waals surface area (Å²) in [5.74, 6) is 0.395. The zero-order valence-corrected chi connectivity index (χ0v) is 15.4. The Morgan fingerprint density at radius 2 is 1.85 bits per heavy atom. The predicted octanol–water partition coefficient (Wildman–Crippen LogP) is 3.56. The van der Waals surface area contributed by atoms with Gasteiger partial charge in [0.25, 0.3) is 5.56 Å². The molecule has 0 amide bonds. The fourth-order valence-electron chi connectivity index (χ4n) is 4.22. The number of halogens is 1. The summed E-state index contributed by atoms with van der Waals surface area (Å²) in [5.41, 5.74) is 2.47. The molecule has 0 saturated heterocycles. The van der Waals surface area contributed by atoms with Crippen LogP contribution in [-0.4, -0.2) is 27.2 Å². The second kappa shape index (κ2) is 6.83. The summed E-state index contributed by atoms with van der Waals surface area (Å²) in [4.78, 5) is 22.2. The lowest BCUT2D eigenvalue weighted by Gasteiger charge is -2.41. The fraction of sp³-hybridized carbons (Fsp3) is 0.500. The van der Waals surface area contributed by atoms with Crippen molar-refractivity contribution in [1.29, 1.82) is 0 Å². The number of rotatable bonds is 3. The van der Waals surface area contributed by atoms with Crippen molar-refractivity contribution in [2.45, 2.75) is 58.7 Å². The number of aryl methyl sites for hydroxylation is 1. The molecule has 5 nitrogen and oxygen atoms in total. The maximum atomic E-state index is 13.4. The van der Waals surface area contributed by atoms with E-state index in [1.54, 1.807) is 16.7 Å². The van der Waals surface area contributed by atoms with E-state index < -0.39 is 0 Å². The largest absolute Gasteiger partial charge is 0.298 e. The molecule has 0 atom stereocenters. The van der Waals surface area contributed by atoms with Crippen LogP contribution in [0.25, 0.3) is 0 Å². The van der Waals surface area contributed by atoms with Crippen molar-refractivity contribution in [1.82, 2.24) is 14.5 Å². The van der Waals surface area contributed by atoms with Gasteiger partial charge in [-0.05, 0) is 50.5 Å². The van der Waals surface area contributed by atoms with E-state index in [9.17, 15) is 9.18 Å². The van der Waals surface area contributed by atoms with Crippen LogP contribution in [0.4, 0.5) is 16.0 Å². The highest BCUT2D eigenvalue weighted by Gasteiger charge is 2.32. The number of hydrogen-bond acceptors (Lipinski definition) is 4. The maximum Gasteiger partial charge on any atom is 0.259 e. The van der Waals surface area contributed by atoms with Crippen molar-refractivity contribution < 1.29 is 4.39 Å². The average molecular weight is 356 g/mol. The molecule has 26 heavy (non-hydrogen) atoms. The van der Waals surface area contributed by atoms with Crippen LogP contribution < -0.4 is 10.5 Å². The molecule has 138 valence electrons. The first-order valence-electron chi connectivity index (χ1n) is 9.46. The molecule has 0 unspecified atom stereocenters. The molecule has 1 aromatic carbocycles. The van der Waals surface area contributed by atoms with Gasteiger partial charge in [0.15, 0.2) is 0 Å². The fourth-order valence-corrected chi connectivity index (χ4v) is 4.22. The normalized spacial score (nSPS) is 18.3. The first-order chi connectivity index (χ1) is 12.6.